The van der Waals surface area contributed by atoms with Gasteiger partial charge in [0.25, 0.3) is 11.6 Å². The molecule has 6 heteroatoms. The molecule has 0 spiro atoms. The second-order valence-electron chi connectivity index (χ2n) is 5.93. The highest BCUT2D eigenvalue weighted by molar-refractivity contribution is 6.29. The number of ether oxygens (including phenoxy) is 1. The average molecular weight is 374 g/mol. The number of non-ortho nitro benzene ring substituents is 1. The molecule has 3 rings (SSSR count). The van der Waals surface area contributed by atoms with Gasteiger partial charge in [-0.1, -0.05) is 60.7 Å². The van der Waals surface area contributed by atoms with E-state index in [0.29, 0.717) is 11.3 Å². The third-order valence-corrected chi connectivity index (χ3v) is 4.08. The average Bonchev–Trinajstić information content (AvgIpc) is 2.73. The summed E-state index contributed by atoms with van der Waals surface area (Å²) in [7, 11) is 1.40. The topological polar surface area (TPSA) is 81.5 Å². The number of nitro benzene ring substituents is 1. The van der Waals surface area contributed by atoms with Crippen LogP contribution in [0.4, 0.5) is 11.4 Å². The van der Waals surface area contributed by atoms with E-state index in [1.54, 1.807) is 6.08 Å². The van der Waals surface area contributed by atoms with Crippen LogP contribution in [-0.2, 0) is 4.79 Å². The summed E-state index contributed by atoms with van der Waals surface area (Å²) in [5, 5.41) is 13.7. The number of hydrogen-bond donors (Lipinski definition) is 1. The van der Waals surface area contributed by atoms with Crippen LogP contribution in [0.3, 0.4) is 0 Å². The minimum Gasteiger partial charge on any atom is -0.494 e. The molecular formula is C22H18N2O4. The molecule has 0 heterocycles. The molecule has 140 valence electrons. The van der Waals surface area contributed by atoms with E-state index in [-0.39, 0.29) is 17.3 Å². The molecule has 0 fully saturated rings. The summed E-state index contributed by atoms with van der Waals surface area (Å²) in [6, 6.07) is 22.8. The zero-order valence-corrected chi connectivity index (χ0v) is 15.2. The predicted molar refractivity (Wildman–Crippen MR) is 109 cm³/mol. The molecule has 28 heavy (non-hydrogen) atoms. The van der Waals surface area contributed by atoms with Crippen LogP contribution in [0.1, 0.15) is 11.1 Å². The maximum Gasteiger partial charge on any atom is 0.273 e. The predicted octanol–water partition coefficient (Wildman–Crippen LogP) is 4.78. The van der Waals surface area contributed by atoms with Crippen LogP contribution in [0.2, 0.25) is 0 Å². The van der Waals surface area contributed by atoms with Crippen molar-refractivity contribution >= 4 is 28.9 Å². The van der Waals surface area contributed by atoms with Crippen molar-refractivity contribution in [2.45, 2.75) is 0 Å². The summed E-state index contributed by atoms with van der Waals surface area (Å²) in [6.07, 6.45) is 1.79. The van der Waals surface area contributed by atoms with Gasteiger partial charge >= 0.3 is 0 Å². The first-order valence-electron chi connectivity index (χ1n) is 8.54. The van der Waals surface area contributed by atoms with Crippen LogP contribution < -0.4 is 10.1 Å². The van der Waals surface area contributed by atoms with Crippen LogP contribution in [0, 0.1) is 10.1 Å². The Bertz CT molecular complexity index is 1020. The minimum absolute atomic E-state index is 0.113. The molecule has 0 aliphatic rings. The molecule has 3 aromatic rings. The molecular weight excluding hydrogens is 356 g/mol. The summed E-state index contributed by atoms with van der Waals surface area (Å²) >= 11 is 0. The number of methoxy groups -OCH3 is 1. The molecule has 1 N–H and O–H groups in total. The molecule has 0 radical (unpaired) electrons. The monoisotopic (exact) mass is 374 g/mol. The number of amides is 1. The first-order chi connectivity index (χ1) is 13.6. The van der Waals surface area contributed by atoms with Gasteiger partial charge in [0.05, 0.1) is 23.8 Å². The molecule has 0 unspecified atom stereocenters. The first-order valence-corrected chi connectivity index (χ1v) is 8.54. The fraction of sp³-hybridized carbons (Fsp3) is 0.0455. The van der Waals surface area contributed by atoms with Crippen molar-refractivity contribution in [3.05, 3.63) is 100 Å². The minimum atomic E-state index is -0.515. The van der Waals surface area contributed by atoms with E-state index in [4.69, 9.17) is 4.74 Å². The van der Waals surface area contributed by atoms with Crippen LogP contribution >= 0.6 is 0 Å². The number of nitro groups is 1. The molecule has 1 amide bonds. The SMILES string of the molecule is COc1cc([N+](=O)[O-])ccc1NC(=O)/C(=C\c1ccccc1)c1ccccc1. The van der Waals surface area contributed by atoms with Gasteiger partial charge in [-0.3, -0.25) is 14.9 Å². The largest absolute Gasteiger partial charge is 0.494 e. The molecule has 3 aromatic carbocycles. The molecule has 0 saturated heterocycles. The van der Waals surface area contributed by atoms with Crippen LogP contribution in [0.25, 0.3) is 11.6 Å². The van der Waals surface area contributed by atoms with E-state index in [9.17, 15) is 14.9 Å². The zero-order valence-electron chi connectivity index (χ0n) is 15.2. The van der Waals surface area contributed by atoms with Gasteiger partial charge in [-0.25, -0.2) is 0 Å². The highest BCUT2D eigenvalue weighted by Gasteiger charge is 2.17. The lowest BCUT2D eigenvalue weighted by Crippen LogP contribution is -2.14. The van der Waals surface area contributed by atoms with Crippen molar-refractivity contribution in [3.63, 3.8) is 0 Å². The number of hydrogen-bond acceptors (Lipinski definition) is 4. The molecule has 0 atom stereocenters. The third kappa shape index (κ3) is 4.42. The Kier molecular flexibility index (Phi) is 5.81. The van der Waals surface area contributed by atoms with Crippen LogP contribution in [0.5, 0.6) is 5.75 Å². The van der Waals surface area contributed by atoms with Gasteiger partial charge in [0, 0.05) is 11.6 Å². The van der Waals surface area contributed by atoms with Crippen molar-refractivity contribution < 1.29 is 14.5 Å². The van der Waals surface area contributed by atoms with Gasteiger partial charge in [0.2, 0.25) is 0 Å². The van der Waals surface area contributed by atoms with Gasteiger partial charge < -0.3 is 10.1 Å². The quantitative estimate of drug-likeness (QED) is 0.291. The Balaban J connectivity index is 1.97. The van der Waals surface area contributed by atoms with E-state index in [0.717, 1.165) is 11.1 Å². The number of carbonyl (C=O) groups excluding carboxylic acids is 1. The van der Waals surface area contributed by atoms with Gasteiger partial charge in [0.15, 0.2) is 0 Å². The fourth-order valence-electron chi connectivity index (χ4n) is 2.70. The van der Waals surface area contributed by atoms with Gasteiger partial charge in [-0.2, -0.15) is 0 Å². The van der Waals surface area contributed by atoms with E-state index < -0.39 is 4.92 Å². The molecule has 6 nitrogen and oxygen atoms in total. The fourth-order valence-corrected chi connectivity index (χ4v) is 2.70. The van der Waals surface area contributed by atoms with Gasteiger partial charge in [-0.05, 0) is 23.3 Å². The summed E-state index contributed by atoms with van der Waals surface area (Å²) in [6.45, 7) is 0. The molecule has 0 aliphatic heterocycles. The smallest absolute Gasteiger partial charge is 0.273 e. The van der Waals surface area contributed by atoms with Crippen LogP contribution in [0.15, 0.2) is 78.9 Å². The number of anilines is 1. The first kappa shape index (κ1) is 18.8. The molecule has 0 aliphatic carbocycles. The number of rotatable bonds is 6. The van der Waals surface area contributed by atoms with Crippen molar-refractivity contribution in [2.75, 3.05) is 12.4 Å². The Labute approximate surface area is 162 Å². The number of nitrogens with one attached hydrogen (secondary N) is 1. The standard InChI is InChI=1S/C22H18N2O4/c1-28-21-15-18(24(26)27)12-13-20(21)23-22(25)19(17-10-6-3-7-11-17)14-16-8-4-2-5-9-16/h2-15H,1H3,(H,23,25)/b19-14-. The Hall–Kier alpha value is -3.93. The normalized spacial score (nSPS) is 11.0. The lowest BCUT2D eigenvalue weighted by molar-refractivity contribution is -0.384. The van der Waals surface area contributed by atoms with Crippen LogP contribution in [-0.4, -0.2) is 17.9 Å². The van der Waals surface area contributed by atoms with E-state index in [2.05, 4.69) is 5.32 Å². The molecule has 0 bridgehead atoms. The summed E-state index contributed by atoms with van der Waals surface area (Å²) < 4.78 is 5.20. The Morgan fingerprint density at radius 3 is 2.25 bits per heavy atom. The zero-order chi connectivity index (χ0) is 19.9. The van der Waals surface area contributed by atoms with E-state index in [1.807, 2.05) is 60.7 Å². The molecule has 0 aromatic heterocycles. The Morgan fingerprint density at radius 1 is 1.00 bits per heavy atom. The van der Waals surface area contributed by atoms with E-state index in [1.165, 1.54) is 25.3 Å². The van der Waals surface area contributed by atoms with Crippen molar-refractivity contribution in [1.29, 1.82) is 0 Å². The number of nitrogens with zero attached hydrogens (tertiary/aromatic N) is 1. The summed E-state index contributed by atoms with van der Waals surface area (Å²) in [5.41, 5.74) is 2.34. The summed E-state index contributed by atoms with van der Waals surface area (Å²) in [5.74, 6) is -0.128. The maximum absolute atomic E-state index is 13.0. The van der Waals surface area contributed by atoms with Gasteiger partial charge in [0.1, 0.15) is 5.75 Å². The second-order valence-corrected chi connectivity index (χ2v) is 5.93. The highest BCUT2D eigenvalue weighted by Crippen LogP contribution is 2.30. The lowest BCUT2D eigenvalue weighted by Gasteiger charge is -2.12. The van der Waals surface area contributed by atoms with E-state index >= 15 is 0 Å². The number of carbonyl (C=O) groups is 1. The molecule has 0 saturated carbocycles. The maximum atomic E-state index is 13.0. The third-order valence-electron chi connectivity index (χ3n) is 4.08. The van der Waals surface area contributed by atoms with Crippen molar-refractivity contribution in [1.82, 2.24) is 0 Å². The van der Waals surface area contributed by atoms with Gasteiger partial charge in [-0.15, -0.1) is 0 Å². The second kappa shape index (κ2) is 8.64. The number of benzene rings is 3. The van der Waals surface area contributed by atoms with Crippen molar-refractivity contribution in [2.24, 2.45) is 0 Å². The Morgan fingerprint density at radius 2 is 1.64 bits per heavy atom. The lowest BCUT2D eigenvalue weighted by atomic mass is 10.0. The van der Waals surface area contributed by atoms with Crippen molar-refractivity contribution in [3.8, 4) is 5.75 Å². The summed E-state index contributed by atoms with van der Waals surface area (Å²) in [4.78, 5) is 23.5. The highest BCUT2D eigenvalue weighted by atomic mass is 16.6.